The Hall–Kier alpha value is -1.41. The number of aldehydes is 1. The van der Waals surface area contributed by atoms with E-state index in [1.165, 1.54) is 5.56 Å². The molecule has 0 fully saturated rings. The smallest absolute Gasteiger partial charge is 0.150 e. The molecule has 0 saturated heterocycles. The molecule has 1 nitrogen and oxygen atoms in total. The van der Waals surface area contributed by atoms with E-state index in [1.54, 1.807) is 0 Å². The van der Waals surface area contributed by atoms with Crippen LogP contribution in [0.4, 0.5) is 0 Å². The van der Waals surface area contributed by atoms with Gasteiger partial charge in [-0.2, -0.15) is 0 Å². The second kappa shape index (κ2) is 4.84. The Morgan fingerprint density at radius 3 is 2.35 bits per heavy atom. The lowest BCUT2D eigenvalue weighted by Gasteiger charge is -2.11. The first-order chi connectivity index (χ1) is 8.13. The molecule has 0 aliphatic heterocycles. The summed E-state index contributed by atoms with van der Waals surface area (Å²) in [5, 5.41) is 0. The van der Waals surface area contributed by atoms with E-state index in [-0.39, 0.29) is 0 Å². The van der Waals surface area contributed by atoms with E-state index in [2.05, 4.69) is 28.1 Å². The lowest BCUT2D eigenvalue weighted by Crippen LogP contribution is -1.92. The molecule has 0 N–H and O–H groups in total. The number of carbonyl (C=O) groups is 1. The van der Waals surface area contributed by atoms with Gasteiger partial charge in [-0.05, 0) is 48.2 Å². The van der Waals surface area contributed by atoms with E-state index in [1.807, 2.05) is 38.1 Å². The van der Waals surface area contributed by atoms with Crippen LogP contribution in [-0.4, -0.2) is 6.29 Å². The molecule has 0 saturated carbocycles. The predicted octanol–water partition coefficient (Wildman–Crippen LogP) is 4.55. The molecule has 0 amide bonds. The molecule has 0 aliphatic rings. The number of rotatable bonds is 2. The van der Waals surface area contributed by atoms with E-state index in [4.69, 9.17) is 0 Å². The average molecular weight is 289 g/mol. The van der Waals surface area contributed by atoms with Crippen LogP contribution in [0.25, 0.3) is 11.1 Å². The first-order valence-electron chi connectivity index (χ1n) is 5.45. The molecular formula is C15H13BrO. The molecule has 0 unspecified atom stereocenters. The molecule has 0 atom stereocenters. The third kappa shape index (κ3) is 2.32. The highest BCUT2D eigenvalue weighted by atomic mass is 79.9. The first-order valence-corrected chi connectivity index (χ1v) is 6.24. The topological polar surface area (TPSA) is 17.1 Å². The predicted molar refractivity (Wildman–Crippen MR) is 74.4 cm³/mol. The molecule has 2 aromatic carbocycles. The average Bonchev–Trinajstić information content (AvgIpc) is 2.32. The van der Waals surface area contributed by atoms with Crippen molar-refractivity contribution in [1.29, 1.82) is 0 Å². The summed E-state index contributed by atoms with van der Waals surface area (Å²) < 4.78 is 1.07. The van der Waals surface area contributed by atoms with Gasteiger partial charge in [-0.25, -0.2) is 0 Å². The maximum Gasteiger partial charge on any atom is 0.150 e. The molecule has 0 aromatic heterocycles. The lowest BCUT2D eigenvalue weighted by molar-refractivity contribution is 0.112. The van der Waals surface area contributed by atoms with Crippen molar-refractivity contribution in [2.45, 2.75) is 13.8 Å². The number of hydrogen-bond donors (Lipinski definition) is 0. The summed E-state index contributed by atoms with van der Waals surface area (Å²) >= 11 is 3.56. The Morgan fingerprint density at radius 1 is 1.00 bits per heavy atom. The Kier molecular flexibility index (Phi) is 3.43. The maximum atomic E-state index is 10.9. The normalized spacial score (nSPS) is 10.3. The van der Waals surface area contributed by atoms with Gasteiger partial charge in [-0.1, -0.05) is 40.2 Å². The summed E-state index contributed by atoms with van der Waals surface area (Å²) in [6, 6.07) is 12.1. The van der Waals surface area contributed by atoms with Gasteiger partial charge in [0, 0.05) is 10.0 Å². The number of hydrogen-bond acceptors (Lipinski definition) is 1. The zero-order valence-corrected chi connectivity index (χ0v) is 11.4. The summed E-state index contributed by atoms with van der Waals surface area (Å²) in [6.07, 6.45) is 0.909. The van der Waals surface area contributed by atoms with Gasteiger partial charge < -0.3 is 0 Å². The summed E-state index contributed by atoms with van der Waals surface area (Å²) in [4.78, 5) is 10.9. The van der Waals surface area contributed by atoms with Crippen LogP contribution in [0.3, 0.4) is 0 Å². The van der Waals surface area contributed by atoms with Crippen molar-refractivity contribution < 1.29 is 4.79 Å². The molecule has 0 heterocycles. The minimum Gasteiger partial charge on any atom is -0.298 e. The molecular weight excluding hydrogens is 276 g/mol. The van der Waals surface area contributed by atoms with Gasteiger partial charge in [-0.3, -0.25) is 4.79 Å². The van der Waals surface area contributed by atoms with Gasteiger partial charge in [-0.15, -0.1) is 0 Å². The zero-order valence-electron chi connectivity index (χ0n) is 9.83. The van der Waals surface area contributed by atoms with E-state index < -0.39 is 0 Å². The lowest BCUT2D eigenvalue weighted by atomic mass is 9.95. The van der Waals surface area contributed by atoms with Gasteiger partial charge in [0.15, 0.2) is 0 Å². The SMILES string of the molecule is Cc1cc(-c2ccccc2Br)c(C)cc1C=O. The number of aryl methyl sites for hydroxylation is 2. The Bertz CT molecular complexity index is 573. The molecule has 86 valence electrons. The Morgan fingerprint density at radius 2 is 1.71 bits per heavy atom. The van der Waals surface area contributed by atoms with E-state index in [9.17, 15) is 4.79 Å². The van der Waals surface area contributed by atoms with Gasteiger partial charge in [0.2, 0.25) is 0 Å². The number of carbonyl (C=O) groups excluding carboxylic acids is 1. The quantitative estimate of drug-likeness (QED) is 0.741. The van der Waals surface area contributed by atoms with Gasteiger partial charge in [0.1, 0.15) is 6.29 Å². The first kappa shape index (κ1) is 12.1. The van der Waals surface area contributed by atoms with Crippen molar-refractivity contribution in [3.05, 3.63) is 57.6 Å². The molecule has 0 spiro atoms. The molecule has 2 rings (SSSR count). The van der Waals surface area contributed by atoms with E-state index in [0.29, 0.717) is 0 Å². The van der Waals surface area contributed by atoms with Crippen LogP contribution in [0.1, 0.15) is 21.5 Å². The van der Waals surface area contributed by atoms with Gasteiger partial charge in [0.05, 0.1) is 0 Å². The van der Waals surface area contributed by atoms with Crippen LogP contribution in [0.5, 0.6) is 0 Å². The highest BCUT2D eigenvalue weighted by molar-refractivity contribution is 9.10. The number of halogens is 1. The Balaban J connectivity index is 2.65. The minimum atomic E-state index is 0.762. The van der Waals surface area contributed by atoms with Crippen LogP contribution >= 0.6 is 15.9 Å². The third-order valence-corrected chi connectivity index (χ3v) is 3.60. The van der Waals surface area contributed by atoms with Crippen molar-refractivity contribution in [2.75, 3.05) is 0 Å². The molecule has 0 aliphatic carbocycles. The second-order valence-electron chi connectivity index (χ2n) is 4.12. The highest BCUT2D eigenvalue weighted by Crippen LogP contribution is 2.31. The summed E-state index contributed by atoms with van der Waals surface area (Å²) in [5.74, 6) is 0. The van der Waals surface area contributed by atoms with Gasteiger partial charge in [0.25, 0.3) is 0 Å². The van der Waals surface area contributed by atoms with Crippen LogP contribution in [0.15, 0.2) is 40.9 Å². The van der Waals surface area contributed by atoms with Gasteiger partial charge >= 0.3 is 0 Å². The molecule has 0 bridgehead atoms. The molecule has 2 aromatic rings. The summed E-state index contributed by atoms with van der Waals surface area (Å²) in [6.45, 7) is 3.99. The third-order valence-electron chi connectivity index (χ3n) is 2.90. The van der Waals surface area contributed by atoms with Crippen LogP contribution in [0.2, 0.25) is 0 Å². The Labute approximate surface area is 110 Å². The number of benzene rings is 2. The highest BCUT2D eigenvalue weighted by Gasteiger charge is 2.08. The second-order valence-corrected chi connectivity index (χ2v) is 4.98. The van der Waals surface area contributed by atoms with E-state index in [0.717, 1.165) is 33.0 Å². The minimum absolute atomic E-state index is 0.762. The van der Waals surface area contributed by atoms with Crippen LogP contribution < -0.4 is 0 Å². The van der Waals surface area contributed by atoms with Crippen molar-refractivity contribution >= 4 is 22.2 Å². The van der Waals surface area contributed by atoms with E-state index >= 15 is 0 Å². The fourth-order valence-electron chi connectivity index (χ4n) is 1.94. The van der Waals surface area contributed by atoms with Crippen LogP contribution in [0, 0.1) is 13.8 Å². The molecule has 0 radical (unpaired) electrons. The van der Waals surface area contributed by atoms with Crippen LogP contribution in [-0.2, 0) is 0 Å². The fourth-order valence-corrected chi connectivity index (χ4v) is 2.43. The van der Waals surface area contributed by atoms with Crippen molar-refractivity contribution in [1.82, 2.24) is 0 Å². The standard InChI is InChI=1S/C15H13BrO/c1-10-8-14(11(2)7-12(10)9-17)13-5-3-4-6-15(13)16/h3-9H,1-2H3. The summed E-state index contributed by atoms with van der Waals surface area (Å²) in [7, 11) is 0. The monoisotopic (exact) mass is 288 g/mol. The maximum absolute atomic E-state index is 10.9. The fraction of sp³-hybridized carbons (Fsp3) is 0.133. The molecule has 17 heavy (non-hydrogen) atoms. The molecule has 2 heteroatoms. The van der Waals surface area contributed by atoms with Crippen molar-refractivity contribution in [2.24, 2.45) is 0 Å². The van der Waals surface area contributed by atoms with Crippen molar-refractivity contribution in [3.63, 3.8) is 0 Å². The zero-order chi connectivity index (χ0) is 12.4. The van der Waals surface area contributed by atoms with Crippen molar-refractivity contribution in [3.8, 4) is 11.1 Å². The summed E-state index contributed by atoms with van der Waals surface area (Å²) in [5.41, 5.74) is 5.21. The largest absolute Gasteiger partial charge is 0.298 e.